The Morgan fingerprint density at radius 3 is 1.57 bits per heavy atom. The van der Waals surface area contributed by atoms with E-state index in [1.54, 1.807) is 12.1 Å². The van der Waals surface area contributed by atoms with E-state index in [2.05, 4.69) is 15.0 Å². The molecule has 5 rings (SSSR count). The summed E-state index contributed by atoms with van der Waals surface area (Å²) in [6.45, 7) is 0. The Bertz CT molecular complexity index is 2310. The Morgan fingerprint density at radius 2 is 1.07 bits per heavy atom. The third-order valence-corrected chi connectivity index (χ3v) is 9.23. The van der Waals surface area contributed by atoms with Crippen molar-refractivity contribution in [3.8, 4) is 0 Å². The molecule has 2 aliphatic rings. The van der Waals surface area contributed by atoms with Gasteiger partial charge in [0.1, 0.15) is 20.2 Å². The summed E-state index contributed by atoms with van der Waals surface area (Å²) in [5, 5.41) is 0. The first-order valence-corrected chi connectivity index (χ1v) is 16.1. The van der Waals surface area contributed by atoms with E-state index >= 15 is 0 Å². The Hall–Kier alpha value is -3.76. The van der Waals surface area contributed by atoms with Crippen LogP contribution >= 0.6 is 0 Å². The van der Waals surface area contributed by atoms with Crippen molar-refractivity contribution < 1.29 is 51.9 Å². The van der Waals surface area contributed by atoms with Gasteiger partial charge in [-0.15, -0.1) is 0 Å². The van der Waals surface area contributed by atoms with Crippen molar-refractivity contribution in [2.24, 2.45) is 0 Å². The van der Waals surface area contributed by atoms with E-state index in [1.807, 2.05) is 0 Å². The molecule has 20 heteroatoms. The molecule has 0 amide bonds. The van der Waals surface area contributed by atoms with Crippen LogP contribution in [0.1, 0.15) is 22.8 Å². The molecule has 3 aromatic rings. The zero-order valence-corrected chi connectivity index (χ0v) is 22.5. The Morgan fingerprint density at radius 1 is 0.600 bits per heavy atom. The second-order valence-corrected chi connectivity index (χ2v) is 13.6. The highest BCUT2D eigenvalue weighted by atomic mass is 32.2. The van der Waals surface area contributed by atoms with Gasteiger partial charge < -0.3 is 4.98 Å². The lowest BCUT2D eigenvalue weighted by Crippen LogP contribution is -2.14. The van der Waals surface area contributed by atoms with Crippen LogP contribution in [0.25, 0.3) is 46.4 Å². The predicted octanol–water partition coefficient (Wildman–Crippen LogP) is 1.52. The minimum atomic E-state index is -5.96. The molecule has 5 heterocycles. The molecule has 210 valence electrons. The van der Waals surface area contributed by atoms with Gasteiger partial charge in [0.2, 0.25) is 0 Å². The van der Waals surface area contributed by atoms with E-state index in [0.717, 1.165) is 6.08 Å². The number of aromatic nitrogens is 4. The van der Waals surface area contributed by atoms with Crippen molar-refractivity contribution in [3.63, 3.8) is 0 Å². The number of H-pyrrole nitrogens is 1. The van der Waals surface area contributed by atoms with E-state index in [0.29, 0.717) is 17.1 Å². The lowest BCUT2D eigenvalue weighted by atomic mass is 10.3. The molecule has 0 atom stereocenters. The molecular weight excluding hydrogens is 617 g/mol. The van der Waals surface area contributed by atoms with Crippen LogP contribution < -0.4 is 0 Å². The number of nitrogens with zero attached hydrogens (tertiary/aromatic N) is 3. The monoisotopic (exact) mass is 630 g/mol. The molecule has 40 heavy (non-hydrogen) atoms. The fourth-order valence-corrected chi connectivity index (χ4v) is 8.16. The van der Waals surface area contributed by atoms with Gasteiger partial charge in [-0.1, -0.05) is 0 Å². The zero-order valence-electron chi connectivity index (χ0n) is 19.2. The summed E-state index contributed by atoms with van der Waals surface area (Å²) in [5.41, 5.74) is -3.05. The number of hydrogen-bond donors (Lipinski definition) is 5. The quantitative estimate of drug-likeness (QED) is 0.176. The lowest BCUT2D eigenvalue weighted by molar-refractivity contribution is 0.468. The molecule has 0 unspecified atom stereocenters. The van der Waals surface area contributed by atoms with Gasteiger partial charge in [-0.05, 0) is 54.6 Å². The second kappa shape index (κ2) is 8.87. The van der Waals surface area contributed by atoms with Crippen molar-refractivity contribution in [1.29, 1.82) is 0 Å². The van der Waals surface area contributed by atoms with Gasteiger partial charge in [-0.25, -0.2) is 13.9 Å². The fourth-order valence-electron chi connectivity index (χ4n) is 4.15. The van der Waals surface area contributed by atoms with Crippen molar-refractivity contribution >= 4 is 87.0 Å². The van der Waals surface area contributed by atoms with Crippen molar-refractivity contribution in [1.82, 2.24) is 18.9 Å². The smallest absolute Gasteiger partial charge is 0.355 e. The van der Waals surface area contributed by atoms with Crippen LogP contribution in [0, 0.1) is 0 Å². The standard InChI is InChI=1S/C20H14N4O12S4/c25-37(26,27)18-15-6-5-13(23-15)8-12-2-1-10(21-12)7-11-3-4-14(22-11)9-16-19(38(28,29)30)20(39(31,32)33)17(18)24(16)40(34,35)36/h1-9,21H,(H,25,26,27)(H,28,29,30)(H,31,32,33)(H,34,35,36). The molecule has 0 spiro atoms. The predicted molar refractivity (Wildman–Crippen MR) is 139 cm³/mol. The number of rotatable bonds is 4. The normalized spacial score (nSPS) is 14.1. The second-order valence-electron chi connectivity index (χ2n) is 8.24. The van der Waals surface area contributed by atoms with E-state index in [4.69, 9.17) is 0 Å². The Labute approximate surface area is 225 Å². The van der Waals surface area contributed by atoms with Crippen molar-refractivity contribution in [2.75, 3.05) is 0 Å². The lowest BCUT2D eigenvalue weighted by Gasteiger charge is -2.06. The summed E-state index contributed by atoms with van der Waals surface area (Å²) in [6, 6.07) is 6.75. The summed E-state index contributed by atoms with van der Waals surface area (Å²) in [6.07, 6.45) is 4.67. The van der Waals surface area contributed by atoms with Gasteiger partial charge in [0.15, 0.2) is 0 Å². The molecule has 0 saturated heterocycles. The van der Waals surface area contributed by atoms with Crippen LogP contribution in [0.3, 0.4) is 0 Å². The average Bonchev–Trinajstić information content (AvgIpc) is 3.54. The molecule has 0 fully saturated rings. The Balaban J connectivity index is 2.29. The summed E-state index contributed by atoms with van der Waals surface area (Å²) in [5.74, 6) is 0. The third kappa shape index (κ3) is 4.97. The van der Waals surface area contributed by atoms with Crippen molar-refractivity contribution in [3.05, 3.63) is 53.1 Å². The Kier molecular flexibility index (Phi) is 6.16. The summed E-state index contributed by atoms with van der Waals surface area (Å²) < 4.78 is 140. The number of fused-ring (bicyclic) bond motifs is 8. The first-order chi connectivity index (χ1) is 18.3. The number of hydrogen-bond acceptors (Lipinski definition) is 10. The van der Waals surface area contributed by atoms with E-state index in [9.17, 15) is 51.9 Å². The first kappa shape index (κ1) is 27.8. The maximum Gasteiger partial charge on any atom is 0.364 e. The molecule has 0 aliphatic carbocycles. The minimum absolute atomic E-state index is 0.00877. The maximum absolute atomic E-state index is 12.6. The molecule has 0 radical (unpaired) electrons. The molecule has 8 bridgehead atoms. The van der Waals surface area contributed by atoms with Crippen LogP contribution in [0.2, 0.25) is 0 Å². The van der Waals surface area contributed by atoms with Gasteiger partial charge in [-0.2, -0.15) is 33.7 Å². The first-order valence-electron chi connectivity index (χ1n) is 10.4. The molecule has 16 nitrogen and oxygen atoms in total. The van der Waals surface area contributed by atoms with Gasteiger partial charge in [-0.3, -0.25) is 18.2 Å². The number of nitrogens with one attached hydrogen (secondary N) is 1. The maximum atomic E-state index is 12.6. The van der Waals surface area contributed by atoms with Crippen LogP contribution in [0.4, 0.5) is 0 Å². The molecular formula is C20H14N4O12S4. The SMILES string of the molecule is O=S(=O)(O)c1c(S(=O)(=O)O)c2c(S(=O)(=O)O)c3nc(cc4ccc(cc5nc(cc1n2S(=O)(=O)O)C=C5)[nH]4)C=C3. The highest BCUT2D eigenvalue weighted by Crippen LogP contribution is 2.39. The topological polar surface area (TPSA) is 264 Å². The zero-order chi connectivity index (χ0) is 29.4. The van der Waals surface area contributed by atoms with Crippen LogP contribution in [-0.4, -0.2) is 70.8 Å². The van der Waals surface area contributed by atoms with E-state index in [-0.39, 0.29) is 17.1 Å². The summed E-state index contributed by atoms with van der Waals surface area (Å²) in [4.78, 5) is 5.59. The minimum Gasteiger partial charge on any atom is -0.355 e. The summed E-state index contributed by atoms with van der Waals surface area (Å²) >= 11 is 0. The van der Waals surface area contributed by atoms with Gasteiger partial charge in [0.05, 0.1) is 28.3 Å². The third-order valence-electron chi connectivity index (χ3n) is 5.50. The molecule has 0 aromatic carbocycles. The average molecular weight is 631 g/mol. The van der Waals surface area contributed by atoms with Gasteiger partial charge in [0, 0.05) is 11.0 Å². The highest BCUT2D eigenvalue weighted by Gasteiger charge is 2.39. The van der Waals surface area contributed by atoms with Crippen LogP contribution in [0.15, 0.2) is 45.0 Å². The van der Waals surface area contributed by atoms with Crippen molar-refractivity contribution in [2.45, 2.75) is 14.7 Å². The van der Waals surface area contributed by atoms with E-state index < -0.39 is 76.0 Å². The molecule has 2 aliphatic heterocycles. The molecule has 0 saturated carbocycles. The fraction of sp³-hybridized carbons (Fsp3) is 0. The van der Waals surface area contributed by atoms with Crippen LogP contribution in [0.5, 0.6) is 0 Å². The van der Waals surface area contributed by atoms with Crippen LogP contribution in [-0.2, 0) is 40.7 Å². The largest absolute Gasteiger partial charge is 0.364 e. The van der Waals surface area contributed by atoms with Gasteiger partial charge >= 0.3 is 10.3 Å². The molecule has 5 N–H and O–H groups in total. The highest BCUT2D eigenvalue weighted by molar-refractivity contribution is 7.90. The van der Waals surface area contributed by atoms with Gasteiger partial charge in [0.25, 0.3) is 30.4 Å². The van der Waals surface area contributed by atoms with E-state index in [1.165, 1.54) is 30.4 Å². The number of aromatic amines is 1. The summed E-state index contributed by atoms with van der Waals surface area (Å²) in [7, 11) is -23.4. The molecule has 3 aromatic heterocycles.